The number of unbranched alkanes of at least 4 members (excludes halogenated alkanes) is 3. The molecule has 0 spiro atoms. The number of hydrogen-bond donors (Lipinski definition) is 1. The maximum absolute atomic E-state index is 8.52. The first-order chi connectivity index (χ1) is 10.8. The minimum absolute atomic E-state index is 0.0560. The summed E-state index contributed by atoms with van der Waals surface area (Å²) in [6, 6.07) is 0. The second-order valence-corrected chi connectivity index (χ2v) is 5.31. The van der Waals surface area contributed by atoms with Crippen LogP contribution in [0.1, 0.15) is 52.4 Å². The lowest BCUT2D eigenvalue weighted by Crippen LogP contribution is -2.17. The number of aliphatic hydroxyl groups excluding tert-OH is 1. The largest absolute Gasteiger partial charge is 0.394 e. The molecule has 0 heterocycles. The van der Waals surface area contributed by atoms with Crippen LogP contribution in [-0.4, -0.2) is 64.1 Å². The van der Waals surface area contributed by atoms with E-state index in [0.717, 1.165) is 12.8 Å². The lowest BCUT2D eigenvalue weighted by atomic mass is 10.1. The molecule has 0 aliphatic carbocycles. The third-order valence-corrected chi connectivity index (χ3v) is 3.40. The average molecular weight is 320 g/mol. The molecule has 1 unspecified atom stereocenters. The molecule has 22 heavy (non-hydrogen) atoms. The van der Waals surface area contributed by atoms with Crippen LogP contribution in [-0.2, 0) is 18.9 Å². The molecule has 0 aromatic heterocycles. The fourth-order valence-corrected chi connectivity index (χ4v) is 2.08. The van der Waals surface area contributed by atoms with Crippen LogP contribution in [0.4, 0.5) is 0 Å². The van der Waals surface area contributed by atoms with Crippen molar-refractivity contribution in [2.24, 2.45) is 0 Å². The predicted molar refractivity (Wildman–Crippen MR) is 88.3 cm³/mol. The van der Waals surface area contributed by atoms with Crippen LogP contribution in [0.15, 0.2) is 0 Å². The van der Waals surface area contributed by atoms with E-state index < -0.39 is 0 Å². The van der Waals surface area contributed by atoms with Gasteiger partial charge >= 0.3 is 0 Å². The summed E-state index contributed by atoms with van der Waals surface area (Å²) < 4.78 is 21.7. The first-order valence-electron chi connectivity index (χ1n) is 8.80. The van der Waals surface area contributed by atoms with Crippen LogP contribution >= 0.6 is 0 Å². The highest BCUT2D eigenvalue weighted by Gasteiger charge is 2.05. The number of ether oxygens (including phenoxy) is 4. The molecule has 5 heteroatoms. The minimum Gasteiger partial charge on any atom is -0.394 e. The van der Waals surface area contributed by atoms with Crippen molar-refractivity contribution in [2.45, 2.75) is 58.5 Å². The van der Waals surface area contributed by atoms with Gasteiger partial charge in [0.2, 0.25) is 0 Å². The maximum Gasteiger partial charge on any atom is 0.0704 e. The van der Waals surface area contributed by atoms with Crippen molar-refractivity contribution in [3.05, 3.63) is 0 Å². The Bertz CT molecular complexity index is 201. The smallest absolute Gasteiger partial charge is 0.0704 e. The topological polar surface area (TPSA) is 57.2 Å². The van der Waals surface area contributed by atoms with Gasteiger partial charge in [0, 0.05) is 0 Å². The summed E-state index contributed by atoms with van der Waals surface area (Å²) in [5.74, 6) is 0. The zero-order valence-electron chi connectivity index (χ0n) is 14.6. The monoisotopic (exact) mass is 320 g/mol. The summed E-state index contributed by atoms with van der Waals surface area (Å²) in [7, 11) is 0. The van der Waals surface area contributed by atoms with Gasteiger partial charge in [-0.15, -0.1) is 0 Å². The van der Waals surface area contributed by atoms with Gasteiger partial charge in [0.1, 0.15) is 0 Å². The van der Waals surface area contributed by atoms with Crippen LogP contribution < -0.4 is 0 Å². The van der Waals surface area contributed by atoms with Gasteiger partial charge in [-0.3, -0.25) is 0 Å². The summed E-state index contributed by atoms with van der Waals surface area (Å²) in [4.78, 5) is 0. The van der Waals surface area contributed by atoms with Crippen LogP contribution in [0.5, 0.6) is 0 Å². The fourth-order valence-electron chi connectivity index (χ4n) is 2.08. The van der Waals surface area contributed by atoms with Gasteiger partial charge in [0.25, 0.3) is 0 Å². The molecule has 5 nitrogen and oxygen atoms in total. The fraction of sp³-hybridized carbons (Fsp3) is 1.00. The van der Waals surface area contributed by atoms with E-state index in [4.69, 9.17) is 24.1 Å². The highest BCUT2D eigenvalue weighted by Crippen LogP contribution is 2.10. The number of rotatable bonds is 18. The Morgan fingerprint density at radius 2 is 1.32 bits per heavy atom. The highest BCUT2D eigenvalue weighted by atomic mass is 16.6. The van der Waals surface area contributed by atoms with E-state index in [2.05, 4.69) is 13.8 Å². The number of aliphatic hydroxyl groups is 1. The molecule has 0 amide bonds. The molecule has 0 rings (SSSR count). The molecule has 0 saturated carbocycles. The molecule has 0 aliphatic rings. The molecule has 0 aliphatic heterocycles. The van der Waals surface area contributed by atoms with Gasteiger partial charge in [0.15, 0.2) is 0 Å². The Hall–Kier alpha value is -0.200. The summed E-state index contributed by atoms with van der Waals surface area (Å²) in [5, 5.41) is 8.52. The van der Waals surface area contributed by atoms with Gasteiger partial charge in [-0.25, -0.2) is 0 Å². The van der Waals surface area contributed by atoms with Crippen molar-refractivity contribution in [2.75, 3.05) is 52.9 Å². The van der Waals surface area contributed by atoms with Crippen molar-refractivity contribution in [1.29, 1.82) is 0 Å². The molecule has 0 bridgehead atoms. The second-order valence-electron chi connectivity index (χ2n) is 5.31. The van der Waals surface area contributed by atoms with Crippen molar-refractivity contribution in [3.8, 4) is 0 Å². The molecule has 0 radical (unpaired) electrons. The summed E-state index contributed by atoms with van der Waals surface area (Å²) in [6.07, 6.45) is 7.79. The Labute approximate surface area is 136 Å². The number of hydrogen-bond acceptors (Lipinski definition) is 5. The third kappa shape index (κ3) is 16.2. The molecule has 0 fully saturated rings. The normalized spacial score (nSPS) is 12.7. The van der Waals surface area contributed by atoms with Gasteiger partial charge in [-0.1, -0.05) is 39.5 Å². The van der Waals surface area contributed by atoms with E-state index in [1.165, 1.54) is 25.7 Å². The Morgan fingerprint density at radius 1 is 0.727 bits per heavy atom. The van der Waals surface area contributed by atoms with Crippen molar-refractivity contribution in [1.82, 2.24) is 0 Å². The van der Waals surface area contributed by atoms with E-state index in [0.29, 0.717) is 52.4 Å². The van der Waals surface area contributed by atoms with Crippen LogP contribution in [0.25, 0.3) is 0 Å². The van der Waals surface area contributed by atoms with Crippen molar-refractivity contribution in [3.63, 3.8) is 0 Å². The Balaban J connectivity index is 3.22. The Morgan fingerprint density at radius 3 is 1.86 bits per heavy atom. The molecule has 1 atom stereocenters. The average Bonchev–Trinajstić information content (AvgIpc) is 2.54. The SMILES string of the molecule is CCCCCCC(CC)OCCOCCOCCOCCO. The van der Waals surface area contributed by atoms with E-state index in [9.17, 15) is 0 Å². The summed E-state index contributed by atoms with van der Waals surface area (Å²) in [6.45, 7) is 8.31. The molecule has 0 aromatic carbocycles. The predicted octanol–water partition coefficient (Wildman–Crippen LogP) is 2.79. The lowest BCUT2D eigenvalue weighted by Gasteiger charge is -2.16. The zero-order valence-corrected chi connectivity index (χ0v) is 14.6. The lowest BCUT2D eigenvalue weighted by molar-refractivity contribution is -0.0231. The molecule has 1 N–H and O–H groups in total. The molecule has 134 valence electrons. The van der Waals surface area contributed by atoms with Gasteiger partial charge in [-0.2, -0.15) is 0 Å². The van der Waals surface area contributed by atoms with Gasteiger partial charge in [0.05, 0.1) is 59.0 Å². The molecule has 0 aromatic rings. The third-order valence-electron chi connectivity index (χ3n) is 3.40. The molecule has 0 saturated heterocycles. The van der Waals surface area contributed by atoms with E-state index in [1.807, 2.05) is 0 Å². The second kappa shape index (κ2) is 18.8. The Kier molecular flexibility index (Phi) is 18.7. The zero-order chi connectivity index (χ0) is 16.3. The van der Waals surface area contributed by atoms with E-state index >= 15 is 0 Å². The van der Waals surface area contributed by atoms with Crippen molar-refractivity contribution < 1.29 is 24.1 Å². The van der Waals surface area contributed by atoms with Crippen LogP contribution in [0.2, 0.25) is 0 Å². The first kappa shape index (κ1) is 21.8. The van der Waals surface area contributed by atoms with Gasteiger partial charge < -0.3 is 24.1 Å². The quantitative estimate of drug-likeness (QED) is 0.394. The first-order valence-corrected chi connectivity index (χ1v) is 8.80. The van der Waals surface area contributed by atoms with Crippen LogP contribution in [0.3, 0.4) is 0 Å². The minimum atomic E-state index is 0.0560. The van der Waals surface area contributed by atoms with E-state index in [1.54, 1.807) is 0 Å². The van der Waals surface area contributed by atoms with E-state index in [-0.39, 0.29) is 6.61 Å². The highest BCUT2D eigenvalue weighted by molar-refractivity contribution is 4.56. The van der Waals surface area contributed by atoms with Crippen molar-refractivity contribution >= 4 is 0 Å². The summed E-state index contributed by atoms with van der Waals surface area (Å²) >= 11 is 0. The molecular formula is C17H36O5. The van der Waals surface area contributed by atoms with Gasteiger partial charge in [-0.05, 0) is 12.8 Å². The summed E-state index contributed by atoms with van der Waals surface area (Å²) in [5.41, 5.74) is 0. The standard InChI is InChI=1S/C17H36O5/c1-3-5-6-7-8-17(4-2)22-16-15-21-14-13-20-12-11-19-10-9-18/h17-18H,3-16H2,1-2H3. The molecular weight excluding hydrogens is 284 g/mol. The maximum atomic E-state index is 8.52. The van der Waals surface area contributed by atoms with Crippen LogP contribution in [0, 0.1) is 0 Å².